The molecule has 0 aliphatic heterocycles. The van der Waals surface area contributed by atoms with Crippen molar-refractivity contribution in [3.63, 3.8) is 0 Å². The number of aromatic nitrogens is 2. The predicted molar refractivity (Wildman–Crippen MR) is 148 cm³/mol. The van der Waals surface area contributed by atoms with E-state index in [-0.39, 0.29) is 22.4 Å². The van der Waals surface area contributed by atoms with Crippen molar-refractivity contribution < 1.29 is 9.53 Å². The third-order valence-corrected chi connectivity index (χ3v) is 6.21. The van der Waals surface area contributed by atoms with Gasteiger partial charge in [-0.05, 0) is 65.9 Å². The van der Waals surface area contributed by atoms with E-state index in [9.17, 15) is 14.9 Å². The number of halogens is 1. The van der Waals surface area contributed by atoms with Crippen molar-refractivity contribution >= 4 is 39.2 Å². The SMILES string of the molecule is Cc1cccn2c(=O)c(/C=C(/C#N)C(=O)Nc3cccc(Br)c3)c(Oc3ccc(C(C)(C)C)cc3)nc12. The van der Waals surface area contributed by atoms with Crippen molar-refractivity contribution in [2.45, 2.75) is 33.1 Å². The standard InChI is InChI=1S/C29H25BrN4O3/c1-18-7-6-14-34-25(18)33-27(37-23-12-10-20(11-13-23)29(2,3)4)24(28(34)36)15-19(17-31)26(35)32-22-9-5-8-21(30)16-22/h5-16H,1-4H3,(H,32,35)/b19-15-. The Kier molecular flexibility index (Phi) is 7.28. The molecule has 0 aliphatic carbocycles. The maximum atomic E-state index is 13.5. The van der Waals surface area contributed by atoms with Crippen LogP contribution >= 0.6 is 15.9 Å². The van der Waals surface area contributed by atoms with Crippen LogP contribution in [0.15, 0.2) is 81.7 Å². The van der Waals surface area contributed by atoms with E-state index in [0.29, 0.717) is 17.1 Å². The van der Waals surface area contributed by atoms with Crippen molar-refractivity contribution in [3.05, 3.63) is 104 Å². The zero-order chi connectivity index (χ0) is 26.7. The Hall–Kier alpha value is -4.22. The third kappa shape index (κ3) is 5.79. The van der Waals surface area contributed by atoms with Gasteiger partial charge in [0.05, 0.1) is 0 Å². The Balaban J connectivity index is 1.81. The number of hydrogen-bond acceptors (Lipinski definition) is 5. The summed E-state index contributed by atoms with van der Waals surface area (Å²) in [5.41, 5.74) is 2.05. The van der Waals surface area contributed by atoms with Gasteiger partial charge < -0.3 is 10.1 Å². The van der Waals surface area contributed by atoms with Gasteiger partial charge in [0, 0.05) is 16.4 Å². The van der Waals surface area contributed by atoms with Crippen LogP contribution in [0.5, 0.6) is 11.6 Å². The predicted octanol–water partition coefficient (Wildman–Crippen LogP) is 6.40. The number of amides is 1. The van der Waals surface area contributed by atoms with Gasteiger partial charge in [0.25, 0.3) is 11.5 Å². The van der Waals surface area contributed by atoms with Gasteiger partial charge in [-0.15, -0.1) is 0 Å². The molecule has 0 saturated heterocycles. The second-order valence-electron chi connectivity index (χ2n) is 9.53. The molecule has 2 aromatic carbocycles. The summed E-state index contributed by atoms with van der Waals surface area (Å²) in [5.74, 6) is -0.176. The third-order valence-electron chi connectivity index (χ3n) is 5.72. The summed E-state index contributed by atoms with van der Waals surface area (Å²) >= 11 is 3.35. The highest BCUT2D eigenvalue weighted by atomic mass is 79.9. The number of fused-ring (bicyclic) bond motifs is 1. The molecule has 2 aromatic heterocycles. The minimum atomic E-state index is -0.658. The van der Waals surface area contributed by atoms with E-state index in [1.807, 2.05) is 37.3 Å². The largest absolute Gasteiger partial charge is 0.438 e. The number of carbonyl (C=O) groups excluding carboxylic acids is 1. The number of benzene rings is 2. The molecule has 0 spiro atoms. The van der Waals surface area contributed by atoms with Crippen LogP contribution in [-0.4, -0.2) is 15.3 Å². The molecule has 1 amide bonds. The lowest BCUT2D eigenvalue weighted by atomic mass is 9.87. The van der Waals surface area contributed by atoms with Crippen molar-refractivity contribution in [1.82, 2.24) is 9.38 Å². The summed E-state index contributed by atoms with van der Waals surface area (Å²) in [5, 5.41) is 12.4. The average molecular weight is 557 g/mol. The van der Waals surface area contributed by atoms with E-state index in [1.165, 1.54) is 10.5 Å². The fraction of sp³-hybridized carbons (Fsp3) is 0.172. The zero-order valence-electron chi connectivity index (χ0n) is 20.9. The molecular weight excluding hydrogens is 532 g/mol. The van der Waals surface area contributed by atoms with E-state index in [1.54, 1.807) is 42.6 Å². The van der Waals surface area contributed by atoms with E-state index in [2.05, 4.69) is 47.0 Å². The Morgan fingerprint density at radius 3 is 2.51 bits per heavy atom. The number of hydrogen-bond donors (Lipinski definition) is 1. The molecule has 186 valence electrons. The molecule has 4 rings (SSSR count). The van der Waals surface area contributed by atoms with Gasteiger partial charge in [0.1, 0.15) is 28.6 Å². The lowest BCUT2D eigenvalue weighted by Gasteiger charge is -2.19. The number of anilines is 1. The number of rotatable bonds is 5. The molecule has 0 radical (unpaired) electrons. The van der Waals surface area contributed by atoms with Gasteiger partial charge in [0.2, 0.25) is 5.88 Å². The Bertz CT molecular complexity index is 1620. The van der Waals surface area contributed by atoms with Gasteiger partial charge in [-0.1, -0.05) is 61.0 Å². The molecule has 7 nitrogen and oxygen atoms in total. The van der Waals surface area contributed by atoms with E-state index in [0.717, 1.165) is 15.6 Å². The summed E-state index contributed by atoms with van der Waals surface area (Å²) in [6.45, 7) is 8.18. The summed E-state index contributed by atoms with van der Waals surface area (Å²) in [6, 6.07) is 20.0. The van der Waals surface area contributed by atoms with Crippen molar-refractivity contribution in [2.75, 3.05) is 5.32 Å². The molecule has 37 heavy (non-hydrogen) atoms. The van der Waals surface area contributed by atoms with Gasteiger partial charge in [-0.25, -0.2) is 0 Å². The van der Waals surface area contributed by atoms with Crippen LogP contribution in [0.2, 0.25) is 0 Å². The molecular formula is C29H25BrN4O3. The fourth-order valence-electron chi connectivity index (χ4n) is 3.69. The highest BCUT2D eigenvalue weighted by molar-refractivity contribution is 9.10. The summed E-state index contributed by atoms with van der Waals surface area (Å²) < 4.78 is 8.21. The second kappa shape index (κ2) is 10.4. The van der Waals surface area contributed by atoms with E-state index >= 15 is 0 Å². The molecule has 0 fully saturated rings. The Labute approximate surface area is 223 Å². The Morgan fingerprint density at radius 1 is 1.14 bits per heavy atom. The van der Waals surface area contributed by atoms with Crippen LogP contribution in [0, 0.1) is 18.3 Å². The highest BCUT2D eigenvalue weighted by Gasteiger charge is 2.19. The number of nitrogens with one attached hydrogen (secondary N) is 1. The maximum absolute atomic E-state index is 13.5. The first-order valence-electron chi connectivity index (χ1n) is 11.6. The normalized spacial score (nSPS) is 11.7. The van der Waals surface area contributed by atoms with Crippen LogP contribution in [-0.2, 0) is 10.2 Å². The van der Waals surface area contributed by atoms with Crippen molar-refractivity contribution in [1.29, 1.82) is 5.26 Å². The molecule has 1 N–H and O–H groups in total. The van der Waals surface area contributed by atoms with Crippen LogP contribution in [0.1, 0.15) is 37.5 Å². The number of ether oxygens (including phenoxy) is 1. The number of aryl methyl sites for hydroxylation is 1. The fourth-order valence-corrected chi connectivity index (χ4v) is 4.08. The van der Waals surface area contributed by atoms with Crippen molar-refractivity contribution in [3.8, 4) is 17.7 Å². The molecule has 0 atom stereocenters. The molecule has 0 aliphatic rings. The number of pyridine rings is 1. The highest BCUT2D eigenvalue weighted by Crippen LogP contribution is 2.28. The second-order valence-corrected chi connectivity index (χ2v) is 10.4. The number of nitriles is 1. The van der Waals surface area contributed by atoms with Gasteiger partial charge in [0.15, 0.2) is 0 Å². The molecule has 0 saturated carbocycles. The summed E-state index contributed by atoms with van der Waals surface area (Å²) in [4.78, 5) is 31.0. The minimum Gasteiger partial charge on any atom is -0.438 e. The molecule has 0 bridgehead atoms. The monoisotopic (exact) mass is 556 g/mol. The lowest BCUT2D eigenvalue weighted by Crippen LogP contribution is -2.20. The molecule has 8 heteroatoms. The van der Waals surface area contributed by atoms with Gasteiger partial charge >= 0.3 is 0 Å². The van der Waals surface area contributed by atoms with Gasteiger partial charge in [-0.2, -0.15) is 10.2 Å². The summed E-state index contributed by atoms with van der Waals surface area (Å²) in [7, 11) is 0. The first kappa shape index (κ1) is 25.9. The maximum Gasteiger partial charge on any atom is 0.269 e. The topological polar surface area (TPSA) is 96.5 Å². The minimum absolute atomic E-state index is 0.00538. The molecule has 0 unspecified atom stereocenters. The van der Waals surface area contributed by atoms with Crippen LogP contribution in [0.4, 0.5) is 5.69 Å². The van der Waals surface area contributed by atoms with Crippen LogP contribution in [0.3, 0.4) is 0 Å². The van der Waals surface area contributed by atoms with Crippen molar-refractivity contribution in [2.24, 2.45) is 0 Å². The summed E-state index contributed by atoms with van der Waals surface area (Å²) in [6.07, 6.45) is 2.81. The molecule has 4 aromatic rings. The molecule has 2 heterocycles. The number of nitrogens with zero attached hydrogens (tertiary/aromatic N) is 3. The quantitative estimate of drug-likeness (QED) is 0.226. The number of carbonyl (C=O) groups is 1. The average Bonchev–Trinajstić information content (AvgIpc) is 2.84. The van der Waals surface area contributed by atoms with Crippen LogP contribution in [0.25, 0.3) is 11.7 Å². The van der Waals surface area contributed by atoms with Gasteiger partial charge in [-0.3, -0.25) is 14.0 Å². The first-order valence-corrected chi connectivity index (χ1v) is 12.4. The zero-order valence-corrected chi connectivity index (χ0v) is 22.5. The lowest BCUT2D eigenvalue weighted by molar-refractivity contribution is -0.112. The van der Waals surface area contributed by atoms with E-state index < -0.39 is 11.5 Å². The Morgan fingerprint density at radius 2 is 1.86 bits per heavy atom. The first-order chi connectivity index (χ1) is 17.6. The smallest absolute Gasteiger partial charge is 0.269 e. The van der Waals surface area contributed by atoms with Crippen LogP contribution < -0.4 is 15.6 Å². The van der Waals surface area contributed by atoms with E-state index in [4.69, 9.17) is 4.74 Å².